The van der Waals surface area contributed by atoms with Gasteiger partial charge in [0.25, 0.3) is 0 Å². The van der Waals surface area contributed by atoms with Crippen LogP contribution in [0.25, 0.3) is 0 Å². The number of benzene rings is 2. The molecule has 0 spiro atoms. The van der Waals surface area contributed by atoms with Crippen LogP contribution < -0.4 is 10.6 Å². The van der Waals surface area contributed by atoms with Gasteiger partial charge in [-0.3, -0.25) is 0 Å². The summed E-state index contributed by atoms with van der Waals surface area (Å²) in [5.41, 5.74) is 1.61. The molecule has 2 aromatic carbocycles. The molecule has 0 aliphatic carbocycles. The Bertz CT molecular complexity index is 825. The van der Waals surface area contributed by atoms with Crippen LogP contribution in [-0.2, 0) is 6.42 Å². The summed E-state index contributed by atoms with van der Waals surface area (Å²) in [5, 5.41) is 6.42. The third-order valence-electron chi connectivity index (χ3n) is 3.46. The number of hydrogen-bond donors (Lipinski definition) is 2. The van der Waals surface area contributed by atoms with Crippen molar-refractivity contribution in [3.63, 3.8) is 0 Å². The smallest absolute Gasteiger partial charge is 0.135 e. The molecule has 1 aromatic heterocycles. The number of rotatable bonds is 6. The van der Waals surface area contributed by atoms with E-state index in [9.17, 15) is 4.39 Å². The summed E-state index contributed by atoms with van der Waals surface area (Å²) in [6.45, 7) is 0.590. The molecule has 0 saturated heterocycles. The maximum atomic E-state index is 13.6. The zero-order valence-electron chi connectivity index (χ0n) is 12.8. The van der Waals surface area contributed by atoms with Crippen LogP contribution in [0, 0.1) is 5.82 Å². The quantitative estimate of drug-likeness (QED) is 0.640. The van der Waals surface area contributed by atoms with Gasteiger partial charge >= 0.3 is 0 Å². The van der Waals surface area contributed by atoms with Crippen molar-refractivity contribution in [3.8, 4) is 0 Å². The highest BCUT2D eigenvalue weighted by Crippen LogP contribution is 2.24. The molecule has 0 amide bonds. The number of nitrogens with one attached hydrogen (secondary N) is 2. The van der Waals surface area contributed by atoms with Crippen molar-refractivity contribution >= 4 is 33.3 Å². The third-order valence-corrected chi connectivity index (χ3v) is 4.15. The van der Waals surface area contributed by atoms with Crippen molar-refractivity contribution in [2.75, 3.05) is 17.2 Å². The molecule has 3 aromatic rings. The van der Waals surface area contributed by atoms with Crippen LogP contribution in [0.4, 0.5) is 21.7 Å². The van der Waals surface area contributed by atoms with Crippen LogP contribution in [-0.4, -0.2) is 16.5 Å². The predicted octanol–water partition coefficient (Wildman–Crippen LogP) is 4.78. The second-order valence-corrected chi connectivity index (χ2v) is 6.02. The molecule has 1 heterocycles. The Hall–Kier alpha value is -2.47. The van der Waals surface area contributed by atoms with Gasteiger partial charge in [0.1, 0.15) is 23.8 Å². The van der Waals surface area contributed by atoms with Crippen molar-refractivity contribution in [2.24, 2.45) is 0 Å². The number of para-hydroxylation sites is 1. The summed E-state index contributed by atoms with van der Waals surface area (Å²) in [6.07, 6.45) is 2.08. The first-order valence-electron chi connectivity index (χ1n) is 7.53. The number of anilines is 3. The Kier molecular flexibility index (Phi) is 5.38. The Labute approximate surface area is 148 Å². The molecular weight excluding hydrogens is 371 g/mol. The van der Waals surface area contributed by atoms with Gasteiger partial charge in [0, 0.05) is 17.1 Å². The topological polar surface area (TPSA) is 49.8 Å². The van der Waals surface area contributed by atoms with E-state index in [1.165, 1.54) is 12.4 Å². The van der Waals surface area contributed by atoms with Crippen molar-refractivity contribution in [3.05, 3.63) is 76.8 Å². The van der Waals surface area contributed by atoms with Gasteiger partial charge in [-0.25, -0.2) is 14.4 Å². The molecular formula is C18H16BrFN4. The maximum absolute atomic E-state index is 13.6. The average molecular weight is 387 g/mol. The first-order valence-corrected chi connectivity index (χ1v) is 8.32. The van der Waals surface area contributed by atoms with E-state index in [0.717, 1.165) is 10.2 Å². The molecule has 0 atom stereocenters. The van der Waals surface area contributed by atoms with E-state index in [4.69, 9.17) is 0 Å². The lowest BCUT2D eigenvalue weighted by atomic mass is 10.1. The highest BCUT2D eigenvalue weighted by Gasteiger charge is 2.03. The predicted molar refractivity (Wildman–Crippen MR) is 98.1 cm³/mol. The Morgan fingerprint density at radius 3 is 2.54 bits per heavy atom. The van der Waals surface area contributed by atoms with Crippen LogP contribution in [0.3, 0.4) is 0 Å². The van der Waals surface area contributed by atoms with E-state index in [-0.39, 0.29) is 5.82 Å². The van der Waals surface area contributed by atoms with E-state index in [2.05, 4.69) is 36.5 Å². The van der Waals surface area contributed by atoms with Crippen LogP contribution >= 0.6 is 15.9 Å². The zero-order chi connectivity index (χ0) is 16.8. The summed E-state index contributed by atoms with van der Waals surface area (Å²) >= 11 is 3.49. The first kappa shape index (κ1) is 16.4. The van der Waals surface area contributed by atoms with Gasteiger partial charge in [0.15, 0.2) is 0 Å². The fourth-order valence-corrected chi connectivity index (χ4v) is 2.63. The summed E-state index contributed by atoms with van der Waals surface area (Å²) in [4.78, 5) is 8.40. The van der Waals surface area contributed by atoms with Crippen LogP contribution in [0.5, 0.6) is 0 Å². The molecule has 0 unspecified atom stereocenters. The number of hydrogen-bond acceptors (Lipinski definition) is 4. The molecule has 0 radical (unpaired) electrons. The van der Waals surface area contributed by atoms with Crippen molar-refractivity contribution < 1.29 is 4.39 Å². The largest absolute Gasteiger partial charge is 0.370 e. The zero-order valence-corrected chi connectivity index (χ0v) is 14.4. The van der Waals surface area contributed by atoms with Gasteiger partial charge in [0.2, 0.25) is 0 Å². The Morgan fingerprint density at radius 1 is 0.958 bits per heavy atom. The monoisotopic (exact) mass is 386 g/mol. The van der Waals surface area contributed by atoms with Gasteiger partial charge in [0.05, 0.1) is 5.69 Å². The number of aromatic nitrogens is 2. The van der Waals surface area contributed by atoms with Gasteiger partial charge in [-0.2, -0.15) is 0 Å². The molecule has 0 saturated carbocycles. The Balaban J connectivity index is 1.61. The molecule has 3 rings (SSSR count). The van der Waals surface area contributed by atoms with Crippen LogP contribution in [0.2, 0.25) is 0 Å². The van der Waals surface area contributed by atoms with Crippen LogP contribution in [0.15, 0.2) is 65.4 Å². The Morgan fingerprint density at radius 2 is 1.71 bits per heavy atom. The highest BCUT2D eigenvalue weighted by atomic mass is 79.9. The first-order chi connectivity index (χ1) is 11.7. The second kappa shape index (κ2) is 7.88. The summed E-state index contributed by atoms with van der Waals surface area (Å²) in [7, 11) is 0. The molecule has 4 nitrogen and oxygen atoms in total. The van der Waals surface area contributed by atoms with E-state index >= 15 is 0 Å². The lowest BCUT2D eigenvalue weighted by Gasteiger charge is -2.10. The van der Waals surface area contributed by atoms with Gasteiger partial charge in [-0.15, -0.1) is 0 Å². The summed E-state index contributed by atoms with van der Waals surface area (Å²) in [5.74, 6) is 1.19. The van der Waals surface area contributed by atoms with Crippen molar-refractivity contribution in [1.29, 1.82) is 0 Å². The van der Waals surface area contributed by atoms with Crippen molar-refractivity contribution in [2.45, 2.75) is 6.42 Å². The minimum Gasteiger partial charge on any atom is -0.370 e. The minimum atomic E-state index is -0.182. The molecule has 6 heteroatoms. The SMILES string of the molecule is Fc1ccccc1CCNc1cc(Nc2ccccc2Br)ncn1. The lowest BCUT2D eigenvalue weighted by Crippen LogP contribution is -2.08. The fourth-order valence-electron chi connectivity index (χ4n) is 2.25. The molecule has 122 valence electrons. The molecule has 0 bridgehead atoms. The van der Waals surface area contributed by atoms with E-state index < -0.39 is 0 Å². The number of halogens is 2. The standard InChI is InChI=1S/C18H16BrFN4/c19-14-6-2-4-8-16(14)24-18-11-17(22-12-23-18)21-10-9-13-5-1-3-7-15(13)20/h1-8,11-12H,9-10H2,(H2,21,22,23,24). The average Bonchev–Trinajstić information content (AvgIpc) is 2.59. The second-order valence-electron chi connectivity index (χ2n) is 5.16. The maximum Gasteiger partial charge on any atom is 0.135 e. The summed E-state index contributed by atoms with van der Waals surface area (Å²) < 4.78 is 14.5. The van der Waals surface area contributed by atoms with Crippen molar-refractivity contribution in [1.82, 2.24) is 9.97 Å². The highest BCUT2D eigenvalue weighted by molar-refractivity contribution is 9.10. The lowest BCUT2D eigenvalue weighted by molar-refractivity contribution is 0.610. The molecule has 0 fully saturated rings. The van der Waals surface area contributed by atoms with E-state index in [1.54, 1.807) is 12.1 Å². The van der Waals surface area contributed by atoms with Gasteiger partial charge in [-0.1, -0.05) is 30.3 Å². The molecule has 24 heavy (non-hydrogen) atoms. The van der Waals surface area contributed by atoms with Crippen LogP contribution in [0.1, 0.15) is 5.56 Å². The van der Waals surface area contributed by atoms with Gasteiger partial charge in [-0.05, 0) is 46.1 Å². The summed E-state index contributed by atoms with van der Waals surface area (Å²) in [6, 6.07) is 16.4. The molecule has 0 aliphatic rings. The molecule has 2 N–H and O–H groups in total. The minimum absolute atomic E-state index is 0.182. The van der Waals surface area contributed by atoms with Gasteiger partial charge < -0.3 is 10.6 Å². The fraction of sp³-hybridized carbons (Fsp3) is 0.111. The normalized spacial score (nSPS) is 10.4. The molecule has 0 aliphatic heterocycles. The van der Waals surface area contributed by atoms with E-state index in [0.29, 0.717) is 30.2 Å². The van der Waals surface area contributed by atoms with E-state index in [1.807, 2.05) is 36.4 Å². The number of nitrogens with zero attached hydrogens (tertiary/aromatic N) is 2. The third kappa shape index (κ3) is 4.29.